The van der Waals surface area contributed by atoms with Crippen LogP contribution in [0.2, 0.25) is 0 Å². The molecule has 29 heavy (non-hydrogen) atoms. The summed E-state index contributed by atoms with van der Waals surface area (Å²) in [5.41, 5.74) is 0.590. The number of ether oxygens (including phenoxy) is 2. The summed E-state index contributed by atoms with van der Waals surface area (Å²) >= 11 is 0. The molecule has 164 valence electrons. The van der Waals surface area contributed by atoms with E-state index < -0.39 is 12.8 Å². The molecule has 1 aromatic carbocycles. The summed E-state index contributed by atoms with van der Waals surface area (Å²) in [6.45, 7) is 2.26. The van der Waals surface area contributed by atoms with Gasteiger partial charge < -0.3 is 19.7 Å². The first-order valence-corrected chi connectivity index (χ1v) is 9.23. The van der Waals surface area contributed by atoms with Crippen molar-refractivity contribution < 1.29 is 27.4 Å². The molecule has 1 unspecified atom stereocenters. The quantitative estimate of drug-likeness (QED) is 0.264. The number of esters is 1. The standard InChI is InChI=1S/C19H26F3N3O3.HI/c1-3-27-17(26)15-8-6-10-25(12-15)18(23-2)24-11-14-7-4-5-9-16(14)28-13-19(20,21)22;/h4-5,7,9,15H,3,6,8,10-13H2,1-2H3,(H,23,24);1H. The fourth-order valence-corrected chi connectivity index (χ4v) is 3.08. The molecular weight excluding hydrogens is 502 g/mol. The highest BCUT2D eigenvalue weighted by Gasteiger charge is 2.29. The molecule has 1 saturated heterocycles. The third kappa shape index (κ3) is 8.27. The first kappa shape index (κ1) is 25.3. The molecule has 1 heterocycles. The SMILES string of the molecule is CCOC(=O)C1CCCN(C(=NC)NCc2ccccc2OCC(F)(F)F)C1.I. The number of nitrogens with zero attached hydrogens (tertiary/aromatic N) is 2. The van der Waals surface area contributed by atoms with E-state index in [0.29, 0.717) is 24.7 Å². The Morgan fingerprint density at radius 3 is 2.72 bits per heavy atom. The van der Waals surface area contributed by atoms with Crippen LogP contribution in [0.3, 0.4) is 0 Å². The second kappa shape index (κ2) is 12.1. The van der Waals surface area contributed by atoms with E-state index in [9.17, 15) is 18.0 Å². The number of nitrogens with one attached hydrogen (secondary N) is 1. The van der Waals surface area contributed by atoms with Crippen molar-refractivity contribution in [1.29, 1.82) is 0 Å². The molecule has 0 amide bonds. The van der Waals surface area contributed by atoms with Crippen LogP contribution < -0.4 is 10.1 Å². The molecule has 1 aliphatic heterocycles. The van der Waals surface area contributed by atoms with E-state index >= 15 is 0 Å². The topological polar surface area (TPSA) is 63.2 Å². The van der Waals surface area contributed by atoms with Crippen molar-refractivity contribution in [2.45, 2.75) is 32.5 Å². The first-order chi connectivity index (χ1) is 13.3. The minimum atomic E-state index is -4.40. The van der Waals surface area contributed by atoms with Gasteiger partial charge in [0.1, 0.15) is 5.75 Å². The normalized spacial score (nSPS) is 17.3. The molecule has 1 atom stereocenters. The number of hydrogen-bond donors (Lipinski definition) is 1. The Balaban J connectivity index is 0.00000420. The fourth-order valence-electron chi connectivity index (χ4n) is 3.08. The monoisotopic (exact) mass is 529 g/mol. The number of alkyl halides is 3. The van der Waals surface area contributed by atoms with Crippen LogP contribution in [0.1, 0.15) is 25.3 Å². The van der Waals surface area contributed by atoms with Crippen LogP contribution in [0, 0.1) is 5.92 Å². The number of likely N-dealkylation sites (tertiary alicyclic amines) is 1. The average molecular weight is 529 g/mol. The zero-order valence-corrected chi connectivity index (χ0v) is 18.8. The Morgan fingerprint density at radius 2 is 2.07 bits per heavy atom. The predicted molar refractivity (Wildman–Crippen MR) is 115 cm³/mol. The molecule has 6 nitrogen and oxygen atoms in total. The van der Waals surface area contributed by atoms with Crippen LogP contribution >= 0.6 is 24.0 Å². The summed E-state index contributed by atoms with van der Waals surface area (Å²) < 4.78 is 47.3. The Morgan fingerprint density at radius 1 is 1.34 bits per heavy atom. The number of aliphatic imine (C=N–C) groups is 1. The third-order valence-electron chi connectivity index (χ3n) is 4.35. The van der Waals surface area contributed by atoms with Crippen LogP contribution in [0.25, 0.3) is 0 Å². The van der Waals surface area contributed by atoms with Crippen molar-refractivity contribution in [3.63, 3.8) is 0 Å². The number of halogens is 4. The van der Waals surface area contributed by atoms with Crippen molar-refractivity contribution in [1.82, 2.24) is 10.2 Å². The number of carbonyl (C=O) groups excluding carboxylic acids is 1. The van der Waals surface area contributed by atoms with Crippen LogP contribution in [-0.2, 0) is 16.1 Å². The minimum Gasteiger partial charge on any atom is -0.484 e. The lowest BCUT2D eigenvalue weighted by molar-refractivity contribution is -0.153. The number of benzene rings is 1. The number of para-hydroxylation sites is 1. The van der Waals surface area contributed by atoms with Crippen molar-refractivity contribution >= 4 is 35.9 Å². The van der Waals surface area contributed by atoms with Crippen molar-refractivity contribution in [2.75, 3.05) is 33.4 Å². The van der Waals surface area contributed by atoms with Crippen molar-refractivity contribution in [3.8, 4) is 5.75 Å². The second-order valence-corrected chi connectivity index (χ2v) is 6.45. The zero-order chi connectivity index (χ0) is 20.6. The Kier molecular flexibility index (Phi) is 10.5. The van der Waals surface area contributed by atoms with Gasteiger partial charge in [-0.3, -0.25) is 9.79 Å². The molecule has 1 aliphatic rings. The Bertz CT molecular complexity index is 686. The molecule has 1 N–H and O–H groups in total. The van der Waals surface area contributed by atoms with Gasteiger partial charge in [-0.15, -0.1) is 24.0 Å². The zero-order valence-electron chi connectivity index (χ0n) is 16.5. The van der Waals surface area contributed by atoms with Crippen LogP contribution in [0.15, 0.2) is 29.3 Å². The third-order valence-corrected chi connectivity index (χ3v) is 4.35. The fraction of sp³-hybridized carbons (Fsp3) is 0.579. The summed E-state index contributed by atoms with van der Waals surface area (Å²) in [7, 11) is 1.63. The van der Waals surface area contributed by atoms with Gasteiger partial charge in [0.15, 0.2) is 12.6 Å². The van der Waals surface area contributed by atoms with E-state index in [-0.39, 0.29) is 48.2 Å². The Labute approximate surface area is 185 Å². The van der Waals surface area contributed by atoms with Gasteiger partial charge in [0.2, 0.25) is 0 Å². The second-order valence-electron chi connectivity index (χ2n) is 6.45. The lowest BCUT2D eigenvalue weighted by Crippen LogP contribution is -2.48. The molecule has 0 bridgehead atoms. The van der Waals surface area contributed by atoms with Crippen molar-refractivity contribution in [2.24, 2.45) is 10.9 Å². The average Bonchev–Trinajstić information content (AvgIpc) is 2.67. The largest absolute Gasteiger partial charge is 0.484 e. The molecule has 0 spiro atoms. The summed E-state index contributed by atoms with van der Waals surface area (Å²) in [4.78, 5) is 18.2. The van der Waals surface area contributed by atoms with Gasteiger partial charge in [0.05, 0.1) is 12.5 Å². The van der Waals surface area contributed by atoms with E-state index in [1.54, 1.807) is 32.2 Å². The molecule has 10 heteroatoms. The highest BCUT2D eigenvalue weighted by atomic mass is 127. The molecule has 0 aromatic heterocycles. The molecule has 1 fully saturated rings. The van der Waals surface area contributed by atoms with E-state index in [4.69, 9.17) is 9.47 Å². The minimum absolute atomic E-state index is 0. The van der Waals surface area contributed by atoms with Gasteiger partial charge in [-0.1, -0.05) is 18.2 Å². The number of hydrogen-bond acceptors (Lipinski definition) is 4. The van der Waals surface area contributed by atoms with Crippen LogP contribution in [-0.4, -0.2) is 56.4 Å². The Hall–Kier alpha value is -1.72. The molecule has 0 aliphatic carbocycles. The van der Waals surface area contributed by atoms with Gasteiger partial charge >= 0.3 is 12.1 Å². The van der Waals surface area contributed by atoms with E-state index in [2.05, 4.69) is 10.3 Å². The van der Waals surface area contributed by atoms with Gasteiger partial charge in [-0.25, -0.2) is 0 Å². The highest BCUT2D eigenvalue weighted by Crippen LogP contribution is 2.22. The number of piperidine rings is 1. The number of guanidine groups is 1. The van der Waals surface area contributed by atoms with E-state index in [1.165, 1.54) is 6.07 Å². The maximum atomic E-state index is 12.4. The van der Waals surface area contributed by atoms with E-state index in [0.717, 1.165) is 19.4 Å². The van der Waals surface area contributed by atoms with Crippen molar-refractivity contribution in [3.05, 3.63) is 29.8 Å². The van der Waals surface area contributed by atoms with Gasteiger partial charge in [0.25, 0.3) is 0 Å². The molecular formula is C19H27F3IN3O3. The van der Waals surface area contributed by atoms with Crippen LogP contribution in [0.4, 0.5) is 13.2 Å². The maximum absolute atomic E-state index is 12.4. The summed E-state index contributed by atoms with van der Waals surface area (Å²) in [6, 6.07) is 6.56. The highest BCUT2D eigenvalue weighted by molar-refractivity contribution is 14.0. The van der Waals surface area contributed by atoms with Gasteiger partial charge in [-0.2, -0.15) is 13.2 Å². The maximum Gasteiger partial charge on any atom is 0.422 e. The lowest BCUT2D eigenvalue weighted by Gasteiger charge is -2.34. The smallest absolute Gasteiger partial charge is 0.422 e. The van der Waals surface area contributed by atoms with Gasteiger partial charge in [-0.05, 0) is 25.8 Å². The predicted octanol–water partition coefficient (Wildman–Crippen LogP) is 3.60. The van der Waals surface area contributed by atoms with Crippen LogP contribution in [0.5, 0.6) is 5.75 Å². The molecule has 2 rings (SSSR count). The summed E-state index contributed by atoms with van der Waals surface area (Å²) in [5.74, 6) is 0.327. The van der Waals surface area contributed by atoms with E-state index in [1.807, 2.05) is 4.90 Å². The first-order valence-electron chi connectivity index (χ1n) is 9.23. The summed E-state index contributed by atoms with van der Waals surface area (Å²) in [5, 5.41) is 3.15. The number of carbonyl (C=O) groups is 1. The summed E-state index contributed by atoms with van der Waals surface area (Å²) in [6.07, 6.45) is -2.80. The molecule has 0 radical (unpaired) electrons. The lowest BCUT2D eigenvalue weighted by atomic mass is 9.98. The van der Waals surface area contributed by atoms with Gasteiger partial charge in [0, 0.05) is 32.2 Å². The molecule has 0 saturated carbocycles. The molecule has 1 aromatic rings. The number of rotatable bonds is 6.